The van der Waals surface area contributed by atoms with Gasteiger partial charge in [0.25, 0.3) is 0 Å². The van der Waals surface area contributed by atoms with Crippen molar-refractivity contribution in [3.05, 3.63) is 167 Å². The molecule has 7 rings (SSSR count). The van der Waals surface area contributed by atoms with Crippen LogP contribution in [0.5, 0.6) is 11.5 Å². The Kier molecular flexibility index (Phi) is 28.4. The van der Waals surface area contributed by atoms with Gasteiger partial charge in [0.1, 0.15) is 71.9 Å². The topological polar surface area (TPSA) is 415 Å². The molecule has 12 amide bonds. The average molecular weight is 1360 g/mol. The smallest absolute Gasteiger partial charge is 0.246 e. The number of hydrogen-bond acceptors (Lipinski definition) is 15. The number of nitrogens with two attached hydrogens (primary N) is 1. The van der Waals surface area contributed by atoms with Crippen LogP contribution < -0.4 is 58.9 Å². The lowest BCUT2D eigenvalue weighted by atomic mass is 9.99. The molecule has 2 aliphatic rings. The number of rotatable bonds is 20. The van der Waals surface area contributed by atoms with Gasteiger partial charge in [-0.15, -0.1) is 0 Å². The van der Waals surface area contributed by atoms with E-state index >= 15 is 14.4 Å². The quantitative estimate of drug-likeness (QED) is 0.0507. The highest BCUT2D eigenvalue weighted by atomic mass is 16.3. The molecule has 0 saturated carbocycles. The number of aromatic hydroxyl groups is 2. The Balaban J connectivity index is 1.35. The number of phenolic OH excluding ortho intramolecular Hbond substituents is 2. The van der Waals surface area contributed by atoms with E-state index in [2.05, 4.69) is 53.2 Å². The number of primary amides is 1. The maximum atomic E-state index is 15.3. The maximum absolute atomic E-state index is 15.3. The molecular weight excluding hydrogens is 1270 g/mol. The molecule has 0 radical (unpaired) electrons. The Morgan fingerprint density at radius 2 is 0.838 bits per heavy atom. The Bertz CT molecular complexity index is 3600. The standard InChI is InChI=1S/C72H90N12O15/c1-5-33-74-61(89)41-57-68(95)75-51(31-32-60(73)88)63(90)77-56(39-48-25-29-50(87)30-26-48)69(96)83-62(43(4)85)71(98)81-55(38-47-23-27-49(86)28-24-47)67(94)76-52(35-42(2)3)64(91)82-58(40-46-20-13-8-14-21-46)72(99)84-34-15-22-59(84)70(97)80-54(37-45-18-11-7-12-19-45)66(93)78-53(65(92)79-57)36-44-16-9-6-10-17-44/h6-14,16-21,23-30,42-43,51-59,62,85-87H,5,15,22,31-41H2,1-4H3,(H2,73,88)(H,74,89)(H,75,95)(H,76,94)(H,77,90)(H,78,93)(H,79,92)(H,80,97)(H,81,98)(H,82,91)(H,83,96)/t43-,51+,52+,53-,54+,55+,56+,57+,58-,59+,62+/m1/s1. The molecule has 27 heteroatoms. The van der Waals surface area contributed by atoms with Crippen molar-refractivity contribution in [3.8, 4) is 11.5 Å². The number of aliphatic hydroxyl groups is 1. The second-order valence-corrected chi connectivity index (χ2v) is 25.4. The summed E-state index contributed by atoms with van der Waals surface area (Å²) in [6.07, 6.45) is -3.73. The van der Waals surface area contributed by atoms with Gasteiger partial charge in [-0.1, -0.05) is 136 Å². The molecule has 11 atom stereocenters. The van der Waals surface area contributed by atoms with Crippen LogP contribution in [0.4, 0.5) is 0 Å². The third-order valence-electron chi connectivity index (χ3n) is 16.9. The lowest BCUT2D eigenvalue weighted by molar-refractivity contribution is -0.142. The SMILES string of the molecule is CCCNC(=O)C[C@@H]1NC(=O)[C@@H](Cc2ccccc2)NC(=O)[C@H](Cc2ccccc2)NC(=O)[C@@H]2CCCN2C(=O)[C@@H](Cc2ccccc2)NC(=O)[C@H](CC(C)C)NC(=O)[C@H](Cc2ccc(O)cc2)NC(=O)[C@H]([C@@H](C)O)NC(=O)[C@H](Cc2ccc(O)cc2)NC(=O)[C@H](CCC(N)=O)NC1=O. The van der Waals surface area contributed by atoms with Gasteiger partial charge in [0.2, 0.25) is 70.9 Å². The lowest BCUT2D eigenvalue weighted by Gasteiger charge is -2.32. The van der Waals surface area contributed by atoms with Crippen LogP contribution >= 0.6 is 0 Å². The van der Waals surface area contributed by atoms with E-state index < -0.39 is 157 Å². The van der Waals surface area contributed by atoms with Gasteiger partial charge in [-0.25, -0.2) is 0 Å². The summed E-state index contributed by atoms with van der Waals surface area (Å²) >= 11 is 0. The summed E-state index contributed by atoms with van der Waals surface area (Å²) in [5.74, 6) is -11.7. The number of nitrogens with zero attached hydrogens (tertiary/aromatic N) is 1. The molecule has 5 aromatic carbocycles. The Morgan fingerprint density at radius 1 is 0.475 bits per heavy atom. The lowest BCUT2D eigenvalue weighted by Crippen LogP contribution is -2.63. The summed E-state index contributed by atoms with van der Waals surface area (Å²) < 4.78 is 0. The van der Waals surface area contributed by atoms with Gasteiger partial charge in [0, 0.05) is 51.6 Å². The van der Waals surface area contributed by atoms with E-state index in [1.807, 2.05) is 0 Å². The molecule has 15 N–H and O–H groups in total. The number of benzene rings is 5. The zero-order valence-corrected chi connectivity index (χ0v) is 55.9. The third kappa shape index (κ3) is 23.5. The minimum atomic E-state index is -1.90. The van der Waals surface area contributed by atoms with Gasteiger partial charge in [-0.2, -0.15) is 0 Å². The predicted molar refractivity (Wildman–Crippen MR) is 364 cm³/mol. The first kappa shape index (κ1) is 75.7. The number of nitrogens with one attached hydrogen (secondary N) is 10. The Labute approximate surface area is 574 Å². The molecule has 0 aliphatic carbocycles. The number of hydrogen-bond donors (Lipinski definition) is 14. The van der Waals surface area contributed by atoms with Crippen molar-refractivity contribution in [1.29, 1.82) is 0 Å². The van der Waals surface area contributed by atoms with Crippen LogP contribution in [0, 0.1) is 5.92 Å². The summed E-state index contributed by atoms with van der Waals surface area (Å²) in [7, 11) is 0. The zero-order valence-electron chi connectivity index (χ0n) is 55.9. The minimum absolute atomic E-state index is 0.0124. The van der Waals surface area contributed by atoms with Gasteiger partial charge in [0.05, 0.1) is 12.5 Å². The molecule has 27 nitrogen and oxygen atoms in total. The molecule has 0 bridgehead atoms. The second kappa shape index (κ2) is 37.1. The molecule has 2 saturated heterocycles. The van der Waals surface area contributed by atoms with Gasteiger partial charge < -0.3 is 79.1 Å². The van der Waals surface area contributed by atoms with Gasteiger partial charge in [0.15, 0.2) is 0 Å². The number of fused-ring (bicyclic) bond motifs is 1. The van der Waals surface area contributed by atoms with Crippen molar-refractivity contribution >= 4 is 70.9 Å². The highest BCUT2D eigenvalue weighted by Crippen LogP contribution is 2.22. The average Bonchev–Trinajstić information content (AvgIpc) is 1.75. The molecule has 2 heterocycles. The third-order valence-corrected chi connectivity index (χ3v) is 16.9. The second-order valence-electron chi connectivity index (χ2n) is 25.4. The van der Waals surface area contributed by atoms with Crippen molar-refractivity contribution in [3.63, 3.8) is 0 Å². The monoisotopic (exact) mass is 1360 g/mol. The van der Waals surface area contributed by atoms with Crippen LogP contribution in [0.3, 0.4) is 0 Å². The van der Waals surface area contributed by atoms with E-state index in [-0.39, 0.29) is 75.5 Å². The molecule has 2 fully saturated rings. The molecule has 0 unspecified atom stereocenters. The molecule has 2 aliphatic heterocycles. The number of carbonyl (C=O) groups is 12. The fourth-order valence-corrected chi connectivity index (χ4v) is 11.6. The Hall–Kier alpha value is -10.7. The molecular formula is C72H90N12O15. The minimum Gasteiger partial charge on any atom is -0.508 e. The summed E-state index contributed by atoms with van der Waals surface area (Å²) in [6.45, 7) is 6.73. The number of amides is 12. The summed E-state index contributed by atoms with van der Waals surface area (Å²) in [5.41, 5.74) is 8.04. The number of phenols is 2. The van der Waals surface area contributed by atoms with Crippen LogP contribution in [0.15, 0.2) is 140 Å². The van der Waals surface area contributed by atoms with Crippen molar-refractivity contribution in [1.82, 2.24) is 58.1 Å². The van der Waals surface area contributed by atoms with Gasteiger partial charge in [-0.3, -0.25) is 57.5 Å². The molecule has 99 heavy (non-hydrogen) atoms. The molecule has 0 aromatic heterocycles. The fraction of sp³-hybridized carbons (Fsp3) is 0.417. The first-order valence-electron chi connectivity index (χ1n) is 33.3. The van der Waals surface area contributed by atoms with E-state index in [4.69, 9.17) is 5.73 Å². The largest absolute Gasteiger partial charge is 0.508 e. The zero-order chi connectivity index (χ0) is 71.7. The highest BCUT2D eigenvalue weighted by Gasteiger charge is 2.42. The highest BCUT2D eigenvalue weighted by molar-refractivity contribution is 6.01. The van der Waals surface area contributed by atoms with Gasteiger partial charge in [-0.05, 0) is 97.0 Å². The summed E-state index contributed by atoms with van der Waals surface area (Å²) in [5, 5.41) is 58.3. The van der Waals surface area contributed by atoms with Crippen LogP contribution in [-0.4, -0.2) is 171 Å². The molecule has 0 spiro atoms. The van der Waals surface area contributed by atoms with Crippen molar-refractivity contribution < 1.29 is 72.9 Å². The first-order valence-corrected chi connectivity index (χ1v) is 33.3. The summed E-state index contributed by atoms with van der Waals surface area (Å²) in [4.78, 5) is 177. The summed E-state index contributed by atoms with van der Waals surface area (Å²) in [6, 6.07) is 21.2. The molecule has 5 aromatic rings. The van der Waals surface area contributed by atoms with Crippen molar-refractivity contribution in [2.45, 2.75) is 171 Å². The van der Waals surface area contributed by atoms with Crippen LogP contribution in [0.1, 0.15) is 100 Å². The van der Waals surface area contributed by atoms with E-state index in [0.717, 1.165) is 0 Å². The normalized spacial score (nSPS) is 23.3. The fourth-order valence-electron chi connectivity index (χ4n) is 11.6. The van der Waals surface area contributed by atoms with Crippen molar-refractivity contribution in [2.24, 2.45) is 11.7 Å². The maximum Gasteiger partial charge on any atom is 0.246 e. The predicted octanol–water partition coefficient (Wildman–Crippen LogP) is 0.588. The van der Waals surface area contributed by atoms with Crippen LogP contribution in [-0.2, 0) is 89.6 Å². The number of carbonyl (C=O) groups excluding carboxylic acids is 12. The Morgan fingerprint density at radius 3 is 1.28 bits per heavy atom. The first-order chi connectivity index (χ1) is 47.3. The number of aliphatic hydroxyl groups excluding tert-OH is 1. The van der Waals surface area contributed by atoms with Gasteiger partial charge >= 0.3 is 0 Å². The van der Waals surface area contributed by atoms with E-state index in [1.165, 1.54) is 60.4 Å². The van der Waals surface area contributed by atoms with Crippen LogP contribution in [0.2, 0.25) is 0 Å². The van der Waals surface area contributed by atoms with Crippen LogP contribution in [0.25, 0.3) is 0 Å². The molecule has 528 valence electrons. The van der Waals surface area contributed by atoms with E-state index in [1.54, 1.807) is 112 Å². The van der Waals surface area contributed by atoms with E-state index in [0.29, 0.717) is 40.7 Å². The van der Waals surface area contributed by atoms with E-state index in [9.17, 15) is 58.5 Å². The van der Waals surface area contributed by atoms with Crippen molar-refractivity contribution in [2.75, 3.05) is 13.1 Å².